The van der Waals surface area contributed by atoms with Gasteiger partial charge in [-0.25, -0.2) is 0 Å². The Bertz CT molecular complexity index is 539. The SMILES string of the molecule is CCOC(=O)C1CCCN(c2ccc(C#N)cc2Cl)C1. The summed E-state index contributed by atoms with van der Waals surface area (Å²) in [7, 11) is 0. The number of hydrogen-bond acceptors (Lipinski definition) is 4. The van der Waals surface area contributed by atoms with Crippen LogP contribution in [0.2, 0.25) is 5.02 Å². The van der Waals surface area contributed by atoms with Gasteiger partial charge in [-0.15, -0.1) is 0 Å². The van der Waals surface area contributed by atoms with E-state index in [9.17, 15) is 4.79 Å². The molecule has 4 nitrogen and oxygen atoms in total. The zero-order chi connectivity index (χ0) is 14.5. The number of piperidine rings is 1. The highest BCUT2D eigenvalue weighted by atomic mass is 35.5. The molecule has 0 bridgehead atoms. The van der Waals surface area contributed by atoms with E-state index in [0.717, 1.165) is 25.1 Å². The van der Waals surface area contributed by atoms with E-state index in [1.165, 1.54) is 0 Å². The number of anilines is 1. The molecular weight excluding hydrogens is 276 g/mol. The highest BCUT2D eigenvalue weighted by molar-refractivity contribution is 6.33. The molecule has 0 radical (unpaired) electrons. The van der Waals surface area contributed by atoms with Crippen LogP contribution >= 0.6 is 11.6 Å². The third kappa shape index (κ3) is 3.23. The predicted octanol–water partition coefficient (Wildman–Crippen LogP) is 2.99. The molecule has 5 heteroatoms. The summed E-state index contributed by atoms with van der Waals surface area (Å²) in [6.45, 7) is 3.70. The highest BCUT2D eigenvalue weighted by Crippen LogP contribution is 2.30. The van der Waals surface area contributed by atoms with Gasteiger partial charge in [-0.3, -0.25) is 4.79 Å². The van der Waals surface area contributed by atoms with Crippen molar-refractivity contribution in [2.24, 2.45) is 5.92 Å². The molecule has 1 aliphatic rings. The van der Waals surface area contributed by atoms with Gasteiger partial charge in [0, 0.05) is 13.1 Å². The Kier molecular flexibility index (Phi) is 4.86. The largest absolute Gasteiger partial charge is 0.466 e. The standard InChI is InChI=1S/C15H17ClN2O2/c1-2-20-15(19)12-4-3-7-18(10-12)14-6-5-11(9-17)8-13(14)16/h5-6,8,12H,2-4,7,10H2,1H3. The predicted molar refractivity (Wildman–Crippen MR) is 77.7 cm³/mol. The van der Waals surface area contributed by atoms with Crippen molar-refractivity contribution in [1.82, 2.24) is 0 Å². The molecule has 106 valence electrons. The maximum absolute atomic E-state index is 11.8. The number of esters is 1. The third-order valence-electron chi connectivity index (χ3n) is 3.46. The molecule has 2 rings (SSSR count). The lowest BCUT2D eigenvalue weighted by Crippen LogP contribution is -2.39. The molecule has 1 aliphatic heterocycles. The first-order valence-electron chi connectivity index (χ1n) is 6.77. The first-order valence-corrected chi connectivity index (χ1v) is 7.14. The second kappa shape index (κ2) is 6.62. The minimum absolute atomic E-state index is 0.101. The number of halogens is 1. The van der Waals surface area contributed by atoms with Gasteiger partial charge in [0.25, 0.3) is 0 Å². The van der Waals surface area contributed by atoms with E-state index in [1.807, 2.05) is 13.0 Å². The first-order chi connectivity index (χ1) is 9.65. The number of hydrogen-bond donors (Lipinski definition) is 0. The average Bonchev–Trinajstić information content (AvgIpc) is 2.47. The van der Waals surface area contributed by atoms with Crippen molar-refractivity contribution < 1.29 is 9.53 Å². The zero-order valence-electron chi connectivity index (χ0n) is 11.4. The Hall–Kier alpha value is -1.73. The fourth-order valence-electron chi connectivity index (χ4n) is 2.48. The first kappa shape index (κ1) is 14.7. The summed E-state index contributed by atoms with van der Waals surface area (Å²) in [6.07, 6.45) is 1.78. The van der Waals surface area contributed by atoms with E-state index in [0.29, 0.717) is 23.7 Å². The van der Waals surface area contributed by atoms with E-state index in [1.54, 1.807) is 12.1 Å². The molecule has 1 fully saturated rings. The molecular formula is C15H17ClN2O2. The van der Waals surface area contributed by atoms with Gasteiger partial charge in [0.1, 0.15) is 0 Å². The minimum atomic E-state index is -0.137. The molecule has 1 atom stereocenters. The van der Waals surface area contributed by atoms with Crippen molar-refractivity contribution in [2.45, 2.75) is 19.8 Å². The van der Waals surface area contributed by atoms with Crippen LogP contribution in [0, 0.1) is 17.2 Å². The summed E-state index contributed by atoms with van der Waals surface area (Å²) in [5.41, 5.74) is 1.41. The fourth-order valence-corrected chi connectivity index (χ4v) is 2.78. The molecule has 20 heavy (non-hydrogen) atoms. The van der Waals surface area contributed by atoms with E-state index in [2.05, 4.69) is 11.0 Å². The number of carbonyl (C=O) groups is 1. The summed E-state index contributed by atoms with van der Waals surface area (Å²) in [5, 5.41) is 9.40. The van der Waals surface area contributed by atoms with Gasteiger partial charge in [0.2, 0.25) is 0 Å². The maximum Gasteiger partial charge on any atom is 0.310 e. The average molecular weight is 293 g/mol. The summed E-state index contributed by atoms with van der Waals surface area (Å²) in [6, 6.07) is 7.31. The lowest BCUT2D eigenvalue weighted by molar-refractivity contribution is -0.148. The molecule has 0 saturated carbocycles. The van der Waals surface area contributed by atoms with Crippen LogP contribution in [0.3, 0.4) is 0 Å². The zero-order valence-corrected chi connectivity index (χ0v) is 12.2. The summed E-state index contributed by atoms with van der Waals surface area (Å²) < 4.78 is 5.09. The number of benzene rings is 1. The van der Waals surface area contributed by atoms with Gasteiger partial charge in [-0.05, 0) is 38.0 Å². The van der Waals surface area contributed by atoms with Crippen molar-refractivity contribution in [3.63, 3.8) is 0 Å². The highest BCUT2D eigenvalue weighted by Gasteiger charge is 2.27. The Balaban J connectivity index is 2.13. The Labute approximate surface area is 123 Å². The van der Waals surface area contributed by atoms with Gasteiger partial charge in [0.15, 0.2) is 0 Å². The van der Waals surface area contributed by atoms with Crippen LogP contribution in [0.4, 0.5) is 5.69 Å². The molecule has 1 unspecified atom stereocenters. The molecule has 1 aromatic rings. The fraction of sp³-hybridized carbons (Fsp3) is 0.467. The van der Waals surface area contributed by atoms with Crippen LogP contribution in [0.1, 0.15) is 25.3 Å². The normalized spacial score (nSPS) is 18.4. The second-order valence-corrected chi connectivity index (χ2v) is 5.22. The minimum Gasteiger partial charge on any atom is -0.466 e. The molecule has 0 aromatic heterocycles. The lowest BCUT2D eigenvalue weighted by Gasteiger charge is -2.33. The lowest BCUT2D eigenvalue weighted by atomic mass is 9.97. The van der Waals surface area contributed by atoms with Crippen LogP contribution in [-0.2, 0) is 9.53 Å². The molecule has 1 saturated heterocycles. The quantitative estimate of drug-likeness (QED) is 0.804. The van der Waals surface area contributed by atoms with Crippen molar-refractivity contribution in [1.29, 1.82) is 5.26 Å². The Morgan fingerprint density at radius 2 is 2.40 bits per heavy atom. The van der Waals surface area contributed by atoms with E-state index in [4.69, 9.17) is 21.6 Å². The summed E-state index contributed by atoms with van der Waals surface area (Å²) in [5.74, 6) is -0.239. The van der Waals surface area contributed by atoms with Gasteiger partial charge in [0.05, 0.1) is 34.9 Å². The summed E-state index contributed by atoms with van der Waals surface area (Å²) >= 11 is 6.22. The van der Waals surface area contributed by atoms with E-state index < -0.39 is 0 Å². The van der Waals surface area contributed by atoms with Crippen molar-refractivity contribution in [3.05, 3.63) is 28.8 Å². The topological polar surface area (TPSA) is 53.3 Å². The maximum atomic E-state index is 11.8. The molecule has 1 aromatic carbocycles. The smallest absolute Gasteiger partial charge is 0.310 e. The third-order valence-corrected chi connectivity index (χ3v) is 3.76. The van der Waals surface area contributed by atoms with Crippen LogP contribution in [-0.4, -0.2) is 25.7 Å². The number of nitriles is 1. The molecule has 0 spiro atoms. The van der Waals surface area contributed by atoms with Crippen molar-refractivity contribution >= 4 is 23.3 Å². The van der Waals surface area contributed by atoms with Gasteiger partial charge in [-0.2, -0.15) is 5.26 Å². The number of rotatable bonds is 3. The molecule has 0 amide bonds. The van der Waals surface area contributed by atoms with Crippen LogP contribution in [0.5, 0.6) is 0 Å². The Morgan fingerprint density at radius 1 is 1.60 bits per heavy atom. The number of ether oxygens (including phenoxy) is 1. The van der Waals surface area contributed by atoms with Crippen LogP contribution in [0.15, 0.2) is 18.2 Å². The number of nitrogens with zero attached hydrogens (tertiary/aromatic N) is 2. The second-order valence-electron chi connectivity index (χ2n) is 4.82. The van der Waals surface area contributed by atoms with Gasteiger partial charge < -0.3 is 9.64 Å². The van der Waals surface area contributed by atoms with E-state index >= 15 is 0 Å². The van der Waals surface area contributed by atoms with E-state index in [-0.39, 0.29) is 11.9 Å². The summed E-state index contributed by atoms with van der Waals surface area (Å²) in [4.78, 5) is 13.9. The Morgan fingerprint density at radius 3 is 3.05 bits per heavy atom. The molecule has 0 aliphatic carbocycles. The van der Waals surface area contributed by atoms with Crippen LogP contribution < -0.4 is 4.90 Å². The molecule has 1 heterocycles. The van der Waals surface area contributed by atoms with Crippen molar-refractivity contribution in [2.75, 3.05) is 24.6 Å². The molecule has 0 N–H and O–H groups in total. The monoisotopic (exact) mass is 292 g/mol. The van der Waals surface area contributed by atoms with Crippen LogP contribution in [0.25, 0.3) is 0 Å². The van der Waals surface area contributed by atoms with Crippen molar-refractivity contribution in [3.8, 4) is 6.07 Å². The van der Waals surface area contributed by atoms with Gasteiger partial charge in [-0.1, -0.05) is 11.6 Å². The number of carbonyl (C=O) groups excluding carboxylic acids is 1. The van der Waals surface area contributed by atoms with Gasteiger partial charge >= 0.3 is 5.97 Å².